The van der Waals surface area contributed by atoms with Crippen LogP contribution < -0.4 is 4.90 Å². The second kappa shape index (κ2) is 5.77. The average molecular weight is 333 g/mol. The summed E-state index contributed by atoms with van der Waals surface area (Å²) in [6.07, 6.45) is 0. The van der Waals surface area contributed by atoms with Crippen LogP contribution in [0, 0.1) is 0 Å². The van der Waals surface area contributed by atoms with Gasteiger partial charge in [0.05, 0.1) is 21.9 Å². The Morgan fingerprint density at radius 3 is 2.40 bits per heavy atom. The molecule has 0 fully saturated rings. The number of fused-ring (bicyclic) bond motifs is 4. The van der Waals surface area contributed by atoms with Gasteiger partial charge >= 0.3 is 0 Å². The summed E-state index contributed by atoms with van der Waals surface area (Å²) in [6, 6.07) is 12.7. The maximum absolute atomic E-state index is 10.3. The molecule has 5 heteroatoms. The van der Waals surface area contributed by atoms with Crippen molar-refractivity contribution in [3.63, 3.8) is 0 Å². The fraction of sp³-hybridized carbons (Fsp3) is 0.200. The van der Waals surface area contributed by atoms with Gasteiger partial charge in [0.2, 0.25) is 0 Å². The smallest absolute Gasteiger partial charge is 0.125 e. The van der Waals surface area contributed by atoms with Crippen molar-refractivity contribution in [2.75, 3.05) is 18.0 Å². The van der Waals surface area contributed by atoms with Gasteiger partial charge in [-0.05, 0) is 38.1 Å². The highest BCUT2D eigenvalue weighted by atomic mass is 16.3. The number of aromatic hydroxyl groups is 2. The van der Waals surface area contributed by atoms with E-state index >= 15 is 0 Å². The third kappa shape index (κ3) is 2.39. The minimum atomic E-state index is 0.0896. The van der Waals surface area contributed by atoms with E-state index in [0.29, 0.717) is 21.8 Å². The molecule has 0 aliphatic heterocycles. The molecule has 25 heavy (non-hydrogen) atoms. The molecule has 0 aliphatic rings. The third-order valence-electron chi connectivity index (χ3n) is 4.63. The minimum absolute atomic E-state index is 0.0896. The molecule has 0 bridgehead atoms. The van der Waals surface area contributed by atoms with E-state index in [-0.39, 0.29) is 11.5 Å². The molecule has 0 atom stereocenters. The lowest BCUT2D eigenvalue weighted by Gasteiger charge is -2.21. The Hall–Kier alpha value is -3.08. The summed E-state index contributed by atoms with van der Waals surface area (Å²) in [5.74, 6) is 0.179. The summed E-state index contributed by atoms with van der Waals surface area (Å²) in [5.41, 5.74) is 3.79. The number of benzene rings is 3. The summed E-state index contributed by atoms with van der Waals surface area (Å²) in [4.78, 5) is 11.6. The van der Waals surface area contributed by atoms with Crippen LogP contribution in [0.4, 0.5) is 5.69 Å². The molecular weight excluding hydrogens is 314 g/mol. The van der Waals surface area contributed by atoms with E-state index in [9.17, 15) is 10.2 Å². The zero-order valence-corrected chi connectivity index (χ0v) is 14.2. The van der Waals surface area contributed by atoms with Crippen molar-refractivity contribution < 1.29 is 10.2 Å². The lowest BCUT2D eigenvalue weighted by atomic mass is 10.1. The van der Waals surface area contributed by atoms with Crippen LogP contribution in [-0.2, 0) is 0 Å². The molecule has 4 aromatic rings. The molecule has 0 amide bonds. The quantitative estimate of drug-likeness (QED) is 0.434. The van der Waals surface area contributed by atoms with E-state index in [1.165, 1.54) is 0 Å². The van der Waals surface area contributed by atoms with Crippen LogP contribution in [0.5, 0.6) is 11.5 Å². The summed E-state index contributed by atoms with van der Waals surface area (Å²) in [6.45, 7) is 6.07. The fourth-order valence-corrected chi connectivity index (χ4v) is 3.34. The Morgan fingerprint density at radius 1 is 0.840 bits per heavy atom. The number of nitrogens with zero attached hydrogens (tertiary/aromatic N) is 3. The van der Waals surface area contributed by atoms with Gasteiger partial charge in [0, 0.05) is 30.2 Å². The first-order chi connectivity index (χ1) is 12.1. The first-order valence-corrected chi connectivity index (χ1v) is 8.42. The maximum atomic E-state index is 10.3. The topological polar surface area (TPSA) is 69.5 Å². The molecule has 0 saturated heterocycles. The Balaban J connectivity index is 2.05. The van der Waals surface area contributed by atoms with E-state index in [2.05, 4.69) is 23.7 Å². The van der Waals surface area contributed by atoms with Crippen molar-refractivity contribution in [2.24, 2.45) is 0 Å². The van der Waals surface area contributed by atoms with Gasteiger partial charge in [-0.25, -0.2) is 9.97 Å². The zero-order valence-electron chi connectivity index (χ0n) is 14.2. The van der Waals surface area contributed by atoms with Crippen molar-refractivity contribution in [3.8, 4) is 11.5 Å². The first-order valence-electron chi connectivity index (χ1n) is 8.42. The number of hydrogen-bond donors (Lipinski definition) is 2. The predicted octanol–water partition coefficient (Wildman–Crippen LogP) is 4.19. The van der Waals surface area contributed by atoms with Crippen molar-refractivity contribution >= 4 is 38.5 Å². The van der Waals surface area contributed by atoms with Crippen LogP contribution in [0.3, 0.4) is 0 Å². The Bertz CT molecular complexity index is 1100. The summed E-state index contributed by atoms with van der Waals surface area (Å²) < 4.78 is 0. The highest BCUT2D eigenvalue weighted by Crippen LogP contribution is 2.37. The van der Waals surface area contributed by atoms with Gasteiger partial charge in [-0.3, -0.25) is 0 Å². The standard InChI is InChI=1S/C20H19N3O2/c1-3-23(4-2)12-8-9-14-15(10-12)21-16-11-18(25)13-6-5-7-17(24)19(13)20(16)22-14/h5-11,24-25H,3-4H2,1-2H3. The minimum Gasteiger partial charge on any atom is -0.507 e. The molecule has 2 N–H and O–H groups in total. The van der Waals surface area contributed by atoms with Crippen LogP contribution in [0.25, 0.3) is 32.8 Å². The van der Waals surface area contributed by atoms with E-state index in [1.807, 2.05) is 18.2 Å². The number of phenols is 2. The molecule has 1 heterocycles. The largest absolute Gasteiger partial charge is 0.507 e. The molecule has 0 spiro atoms. The summed E-state index contributed by atoms with van der Waals surface area (Å²) >= 11 is 0. The zero-order chi connectivity index (χ0) is 17.6. The monoisotopic (exact) mass is 333 g/mol. The first kappa shape index (κ1) is 15.4. The van der Waals surface area contributed by atoms with Gasteiger partial charge in [0.25, 0.3) is 0 Å². The molecule has 126 valence electrons. The summed E-state index contributed by atoms with van der Waals surface area (Å²) in [5, 5.41) is 21.7. The van der Waals surface area contributed by atoms with Gasteiger partial charge in [-0.2, -0.15) is 0 Å². The molecule has 3 aromatic carbocycles. The van der Waals surface area contributed by atoms with Crippen LogP contribution in [-0.4, -0.2) is 33.3 Å². The molecule has 0 aliphatic carbocycles. The van der Waals surface area contributed by atoms with Gasteiger partial charge < -0.3 is 15.1 Å². The van der Waals surface area contributed by atoms with Crippen LogP contribution in [0.15, 0.2) is 42.5 Å². The molecule has 0 radical (unpaired) electrons. The average Bonchev–Trinajstić information content (AvgIpc) is 2.61. The summed E-state index contributed by atoms with van der Waals surface area (Å²) in [7, 11) is 0. The SMILES string of the molecule is CCN(CC)c1ccc2nc3c(cc(O)c4cccc(O)c43)nc2c1. The molecule has 5 nitrogen and oxygen atoms in total. The van der Waals surface area contributed by atoms with Gasteiger partial charge in [0.1, 0.15) is 17.0 Å². The highest BCUT2D eigenvalue weighted by Gasteiger charge is 2.13. The molecule has 0 unspecified atom stereocenters. The second-order valence-electron chi connectivity index (χ2n) is 6.03. The maximum Gasteiger partial charge on any atom is 0.125 e. The lowest BCUT2D eigenvalue weighted by molar-refractivity contribution is 0.476. The predicted molar refractivity (Wildman–Crippen MR) is 101 cm³/mol. The van der Waals surface area contributed by atoms with Crippen molar-refractivity contribution in [1.82, 2.24) is 9.97 Å². The second-order valence-corrected chi connectivity index (χ2v) is 6.03. The van der Waals surface area contributed by atoms with Gasteiger partial charge in [-0.1, -0.05) is 12.1 Å². The normalized spacial score (nSPS) is 11.4. The number of rotatable bonds is 3. The van der Waals surface area contributed by atoms with E-state index in [4.69, 9.17) is 4.98 Å². The van der Waals surface area contributed by atoms with Crippen molar-refractivity contribution in [1.29, 1.82) is 0 Å². The van der Waals surface area contributed by atoms with E-state index < -0.39 is 0 Å². The lowest BCUT2D eigenvalue weighted by Crippen LogP contribution is -2.21. The highest BCUT2D eigenvalue weighted by molar-refractivity contribution is 6.11. The molecule has 0 saturated carbocycles. The van der Waals surface area contributed by atoms with Crippen LogP contribution in [0.2, 0.25) is 0 Å². The fourth-order valence-electron chi connectivity index (χ4n) is 3.34. The van der Waals surface area contributed by atoms with Crippen LogP contribution in [0.1, 0.15) is 13.8 Å². The van der Waals surface area contributed by atoms with E-state index in [0.717, 1.165) is 29.8 Å². The molecule has 4 rings (SSSR count). The van der Waals surface area contributed by atoms with Crippen molar-refractivity contribution in [3.05, 3.63) is 42.5 Å². The molecular formula is C20H19N3O2. The Labute approximate surface area is 145 Å². The van der Waals surface area contributed by atoms with Gasteiger partial charge in [0.15, 0.2) is 0 Å². The Kier molecular flexibility index (Phi) is 3.57. The number of phenolic OH excluding ortho intramolecular Hbond substituents is 2. The number of hydrogen-bond acceptors (Lipinski definition) is 5. The van der Waals surface area contributed by atoms with Crippen molar-refractivity contribution in [2.45, 2.75) is 13.8 Å². The van der Waals surface area contributed by atoms with E-state index in [1.54, 1.807) is 24.3 Å². The Morgan fingerprint density at radius 2 is 1.64 bits per heavy atom. The van der Waals surface area contributed by atoms with Crippen LogP contribution >= 0.6 is 0 Å². The third-order valence-corrected chi connectivity index (χ3v) is 4.63. The van der Waals surface area contributed by atoms with Gasteiger partial charge in [-0.15, -0.1) is 0 Å². The number of aromatic nitrogens is 2. The molecule has 1 aromatic heterocycles. The number of anilines is 1.